The highest BCUT2D eigenvalue weighted by atomic mass is 16.5. The van der Waals surface area contributed by atoms with Crippen LogP contribution in [0.15, 0.2) is 47.1 Å². The van der Waals surface area contributed by atoms with E-state index in [9.17, 15) is 19.2 Å². The van der Waals surface area contributed by atoms with Crippen molar-refractivity contribution >= 4 is 35.1 Å². The van der Waals surface area contributed by atoms with E-state index >= 15 is 0 Å². The molecule has 0 saturated carbocycles. The second-order valence-electron chi connectivity index (χ2n) is 7.08. The molecule has 2 atom stereocenters. The minimum absolute atomic E-state index is 0.0402. The van der Waals surface area contributed by atoms with Crippen LogP contribution in [0.3, 0.4) is 0 Å². The Morgan fingerprint density at radius 1 is 1.17 bits per heavy atom. The number of carbonyl (C=O) groups excluding carboxylic acids is 4. The molecule has 2 N–H and O–H groups in total. The molecule has 1 aliphatic heterocycles. The predicted octanol–water partition coefficient (Wildman–Crippen LogP) is 2.16. The van der Waals surface area contributed by atoms with Crippen LogP contribution in [0.2, 0.25) is 0 Å². The topological polar surface area (TPSA) is 118 Å². The SMILES string of the molecule is CC(=O)Nc1ccc(NC(=O)[C@@H](C)OC(=O)[C@H]2CC(=O)N(Cc3ccco3)C2)cc1. The quantitative estimate of drug-likeness (QED) is 0.672. The fraction of sp³-hybridized carbons (Fsp3) is 0.333. The Bertz CT molecular complexity index is 923. The highest BCUT2D eigenvalue weighted by Crippen LogP contribution is 2.22. The first kappa shape index (κ1) is 21.1. The molecule has 9 heteroatoms. The number of rotatable bonds is 7. The van der Waals surface area contributed by atoms with E-state index < -0.39 is 23.9 Å². The van der Waals surface area contributed by atoms with Crippen molar-refractivity contribution in [3.8, 4) is 0 Å². The highest BCUT2D eigenvalue weighted by Gasteiger charge is 2.36. The molecule has 0 radical (unpaired) electrons. The first-order valence-electron chi connectivity index (χ1n) is 9.51. The molecule has 2 aromatic rings. The normalized spacial score (nSPS) is 16.8. The molecule has 1 saturated heterocycles. The minimum atomic E-state index is -1.03. The van der Waals surface area contributed by atoms with Crippen LogP contribution < -0.4 is 10.6 Å². The van der Waals surface area contributed by atoms with E-state index in [-0.39, 0.29) is 24.8 Å². The third-order valence-electron chi connectivity index (χ3n) is 4.61. The maximum atomic E-state index is 12.4. The van der Waals surface area contributed by atoms with Crippen molar-refractivity contribution in [2.24, 2.45) is 5.92 Å². The molecule has 1 fully saturated rings. The van der Waals surface area contributed by atoms with Gasteiger partial charge in [-0.1, -0.05) is 0 Å². The molecule has 1 aliphatic rings. The zero-order chi connectivity index (χ0) is 21.7. The molecule has 3 amide bonds. The maximum Gasteiger partial charge on any atom is 0.312 e. The van der Waals surface area contributed by atoms with Crippen molar-refractivity contribution in [1.29, 1.82) is 0 Å². The van der Waals surface area contributed by atoms with Gasteiger partial charge in [-0.05, 0) is 43.3 Å². The molecular weight excluding hydrogens is 390 g/mol. The van der Waals surface area contributed by atoms with E-state index in [1.807, 2.05) is 0 Å². The molecule has 1 aromatic heterocycles. The molecule has 0 bridgehead atoms. The average Bonchev–Trinajstić information content (AvgIpc) is 3.33. The monoisotopic (exact) mass is 413 g/mol. The Kier molecular flexibility index (Phi) is 6.51. The summed E-state index contributed by atoms with van der Waals surface area (Å²) < 4.78 is 10.5. The van der Waals surface area contributed by atoms with Crippen LogP contribution in [-0.4, -0.2) is 41.2 Å². The smallest absolute Gasteiger partial charge is 0.312 e. The van der Waals surface area contributed by atoms with E-state index in [1.54, 1.807) is 36.4 Å². The van der Waals surface area contributed by atoms with Gasteiger partial charge < -0.3 is 24.7 Å². The molecule has 0 aliphatic carbocycles. The molecule has 0 unspecified atom stereocenters. The first-order chi connectivity index (χ1) is 14.3. The van der Waals surface area contributed by atoms with Gasteiger partial charge in [0.2, 0.25) is 11.8 Å². The van der Waals surface area contributed by atoms with E-state index in [0.29, 0.717) is 23.7 Å². The van der Waals surface area contributed by atoms with Crippen molar-refractivity contribution in [2.45, 2.75) is 32.9 Å². The summed E-state index contributed by atoms with van der Waals surface area (Å²) in [4.78, 5) is 49.4. The average molecular weight is 413 g/mol. The summed E-state index contributed by atoms with van der Waals surface area (Å²) >= 11 is 0. The molecular formula is C21H23N3O6. The molecule has 158 valence electrons. The molecule has 2 heterocycles. The van der Waals surface area contributed by atoms with Crippen LogP contribution in [0.4, 0.5) is 11.4 Å². The summed E-state index contributed by atoms with van der Waals surface area (Å²) in [5.41, 5.74) is 1.10. The van der Waals surface area contributed by atoms with Crippen LogP contribution >= 0.6 is 0 Å². The lowest BCUT2D eigenvalue weighted by Gasteiger charge is -2.17. The lowest BCUT2D eigenvalue weighted by Crippen LogP contribution is -2.33. The Morgan fingerprint density at radius 2 is 1.83 bits per heavy atom. The van der Waals surface area contributed by atoms with E-state index in [4.69, 9.17) is 9.15 Å². The number of nitrogens with zero attached hydrogens (tertiary/aromatic N) is 1. The molecule has 30 heavy (non-hydrogen) atoms. The number of furan rings is 1. The van der Waals surface area contributed by atoms with Crippen LogP contribution in [-0.2, 0) is 30.5 Å². The number of esters is 1. The third kappa shape index (κ3) is 5.47. The van der Waals surface area contributed by atoms with Crippen LogP contribution in [0.1, 0.15) is 26.0 Å². The lowest BCUT2D eigenvalue weighted by molar-refractivity contribution is -0.157. The standard InChI is InChI=1S/C21H23N3O6/c1-13(20(27)23-17-7-5-16(6-8-17)22-14(2)25)30-21(28)15-10-19(26)24(11-15)12-18-4-3-9-29-18/h3-9,13,15H,10-12H2,1-2H3,(H,22,25)(H,23,27)/t13-,15+/m1/s1. The highest BCUT2D eigenvalue weighted by molar-refractivity contribution is 5.96. The van der Waals surface area contributed by atoms with Gasteiger partial charge in [0, 0.05) is 31.3 Å². The molecule has 1 aromatic carbocycles. The molecule has 0 spiro atoms. The number of ether oxygens (including phenoxy) is 1. The fourth-order valence-electron chi connectivity index (χ4n) is 3.08. The van der Waals surface area contributed by atoms with Gasteiger partial charge in [-0.15, -0.1) is 0 Å². The number of anilines is 2. The van der Waals surface area contributed by atoms with Gasteiger partial charge in [0.25, 0.3) is 5.91 Å². The van der Waals surface area contributed by atoms with Crippen LogP contribution in [0.25, 0.3) is 0 Å². The number of amides is 3. The number of likely N-dealkylation sites (tertiary alicyclic amines) is 1. The van der Waals surface area contributed by atoms with Gasteiger partial charge in [-0.2, -0.15) is 0 Å². The van der Waals surface area contributed by atoms with Crippen molar-refractivity contribution in [3.63, 3.8) is 0 Å². The summed E-state index contributed by atoms with van der Waals surface area (Å²) in [6, 6.07) is 10.0. The van der Waals surface area contributed by atoms with E-state index in [2.05, 4.69) is 10.6 Å². The summed E-state index contributed by atoms with van der Waals surface area (Å²) in [7, 11) is 0. The second-order valence-corrected chi connectivity index (χ2v) is 7.08. The van der Waals surface area contributed by atoms with Gasteiger partial charge in [0.15, 0.2) is 6.10 Å². The predicted molar refractivity (Wildman–Crippen MR) is 107 cm³/mol. The van der Waals surface area contributed by atoms with Crippen LogP contribution in [0.5, 0.6) is 0 Å². The zero-order valence-corrected chi connectivity index (χ0v) is 16.7. The number of carbonyl (C=O) groups is 4. The summed E-state index contributed by atoms with van der Waals surface area (Å²) in [5.74, 6) is -1.43. The van der Waals surface area contributed by atoms with Gasteiger partial charge in [-0.25, -0.2) is 0 Å². The van der Waals surface area contributed by atoms with Crippen molar-refractivity contribution in [1.82, 2.24) is 4.90 Å². The van der Waals surface area contributed by atoms with Gasteiger partial charge in [0.05, 0.1) is 18.7 Å². The Morgan fingerprint density at radius 3 is 2.43 bits per heavy atom. The van der Waals surface area contributed by atoms with Gasteiger partial charge in [0.1, 0.15) is 5.76 Å². The van der Waals surface area contributed by atoms with E-state index in [1.165, 1.54) is 25.0 Å². The Labute approximate surface area is 173 Å². The zero-order valence-electron chi connectivity index (χ0n) is 16.7. The second kappa shape index (κ2) is 9.25. The number of benzene rings is 1. The first-order valence-corrected chi connectivity index (χ1v) is 9.51. The fourth-order valence-corrected chi connectivity index (χ4v) is 3.08. The summed E-state index contributed by atoms with van der Waals surface area (Å²) in [5, 5.41) is 5.27. The Balaban J connectivity index is 1.49. The lowest BCUT2D eigenvalue weighted by atomic mass is 10.1. The third-order valence-corrected chi connectivity index (χ3v) is 4.61. The molecule has 9 nitrogen and oxygen atoms in total. The van der Waals surface area contributed by atoms with Crippen molar-refractivity contribution < 1.29 is 28.3 Å². The van der Waals surface area contributed by atoms with Crippen LogP contribution in [0, 0.1) is 5.92 Å². The van der Waals surface area contributed by atoms with Crippen molar-refractivity contribution in [3.05, 3.63) is 48.4 Å². The Hall–Kier alpha value is -3.62. The van der Waals surface area contributed by atoms with Gasteiger partial charge in [-0.3, -0.25) is 19.2 Å². The van der Waals surface area contributed by atoms with Gasteiger partial charge >= 0.3 is 5.97 Å². The molecule has 3 rings (SSSR count). The number of nitrogens with one attached hydrogen (secondary N) is 2. The largest absolute Gasteiger partial charge is 0.467 e. The van der Waals surface area contributed by atoms with E-state index in [0.717, 1.165) is 0 Å². The van der Waals surface area contributed by atoms with Crippen molar-refractivity contribution in [2.75, 3.05) is 17.2 Å². The number of hydrogen-bond acceptors (Lipinski definition) is 6. The maximum absolute atomic E-state index is 12.4. The summed E-state index contributed by atoms with van der Waals surface area (Å²) in [6.07, 6.45) is 0.537. The minimum Gasteiger partial charge on any atom is -0.467 e. The summed E-state index contributed by atoms with van der Waals surface area (Å²) in [6.45, 7) is 3.38. The number of hydrogen-bond donors (Lipinski definition) is 2.